The van der Waals surface area contributed by atoms with Crippen molar-refractivity contribution in [3.05, 3.63) is 99.1 Å². The Kier molecular flexibility index (Phi) is 9.12. The molecule has 0 amide bonds. The van der Waals surface area contributed by atoms with Crippen LogP contribution < -0.4 is 4.72 Å². The summed E-state index contributed by atoms with van der Waals surface area (Å²) < 4.78 is 54.9. The molecule has 5 rings (SSSR count). The Morgan fingerprint density at radius 1 is 1.07 bits per heavy atom. The van der Waals surface area contributed by atoms with Gasteiger partial charge in [0.05, 0.1) is 10.9 Å². The van der Waals surface area contributed by atoms with Gasteiger partial charge in [0.25, 0.3) is 11.3 Å². The van der Waals surface area contributed by atoms with Crippen LogP contribution in [0.2, 0.25) is 5.02 Å². The lowest BCUT2D eigenvalue weighted by molar-refractivity contribution is 0.199. The molecule has 0 aliphatic heterocycles. The van der Waals surface area contributed by atoms with Crippen molar-refractivity contribution in [3.63, 3.8) is 0 Å². The van der Waals surface area contributed by atoms with Gasteiger partial charge in [-0.25, -0.2) is 17.3 Å². The molecule has 6 nitrogen and oxygen atoms in total. The van der Waals surface area contributed by atoms with Crippen molar-refractivity contribution >= 4 is 38.6 Å². The Balaban J connectivity index is 1.45. The molecular weight excluding hydrogens is 588 g/mol. The third kappa shape index (κ3) is 6.29. The van der Waals surface area contributed by atoms with Crippen molar-refractivity contribution < 1.29 is 16.8 Å². The largest absolute Gasteiger partial charge is 0.284 e. The summed E-state index contributed by atoms with van der Waals surface area (Å²) in [6.07, 6.45) is 3.34. The minimum Gasteiger partial charge on any atom is -0.267 e. The van der Waals surface area contributed by atoms with Crippen LogP contribution in [-0.4, -0.2) is 24.4 Å². The molecule has 0 unspecified atom stereocenters. The Labute approximate surface area is 257 Å². The van der Waals surface area contributed by atoms with Gasteiger partial charge in [-0.3, -0.25) is 4.18 Å². The predicted octanol–water partition coefficient (Wildman–Crippen LogP) is 7.41. The van der Waals surface area contributed by atoms with Gasteiger partial charge in [-0.05, 0) is 85.9 Å². The number of rotatable bonds is 10. The van der Waals surface area contributed by atoms with E-state index in [9.17, 15) is 12.6 Å². The maximum atomic E-state index is 13.8. The number of sulfonamides is 1. The highest BCUT2D eigenvalue weighted by Gasteiger charge is 2.44. The second kappa shape index (κ2) is 12.3. The third-order valence-corrected chi connectivity index (χ3v) is 11.3. The van der Waals surface area contributed by atoms with Crippen LogP contribution in [0.1, 0.15) is 79.0 Å². The van der Waals surface area contributed by atoms with E-state index in [1.54, 1.807) is 0 Å². The fourth-order valence-electron chi connectivity index (χ4n) is 6.57. The number of nitrogens with one attached hydrogen (secondary N) is 1. The lowest BCUT2D eigenvalue weighted by Crippen LogP contribution is -2.43. The van der Waals surface area contributed by atoms with Crippen LogP contribution >= 0.6 is 11.6 Å². The molecule has 0 bridgehead atoms. The van der Waals surface area contributed by atoms with Crippen molar-refractivity contribution in [1.82, 2.24) is 4.72 Å². The van der Waals surface area contributed by atoms with E-state index >= 15 is 0 Å². The Morgan fingerprint density at radius 3 is 2.31 bits per heavy atom. The molecule has 3 atom stereocenters. The van der Waals surface area contributed by atoms with Crippen molar-refractivity contribution in [2.75, 3.05) is 0 Å². The fraction of sp³-hybridized carbons (Fsp3) is 0.424. The van der Waals surface area contributed by atoms with E-state index in [2.05, 4.69) is 18.6 Å². The topological polar surface area (TPSA) is 84.8 Å². The molecule has 42 heavy (non-hydrogen) atoms. The number of hydrogen-bond acceptors (Lipinski definition) is 4. The summed E-state index contributed by atoms with van der Waals surface area (Å²) in [5.74, 6) is 0.307. The number of fused-ring (bicyclic) bond motifs is 1. The van der Waals surface area contributed by atoms with Gasteiger partial charge in [0, 0.05) is 22.6 Å². The van der Waals surface area contributed by atoms with Crippen LogP contribution in [0.25, 0.3) is 0 Å². The Morgan fingerprint density at radius 2 is 1.71 bits per heavy atom. The molecule has 224 valence electrons. The Hall–Kier alpha value is -2.36. The molecule has 0 aromatic heterocycles. The average molecular weight is 627 g/mol. The molecular formula is C33H39ClN2O4S2. The van der Waals surface area contributed by atoms with Gasteiger partial charge in [-0.2, -0.15) is 4.40 Å². The zero-order valence-corrected chi connectivity index (χ0v) is 27.2. The molecule has 1 saturated carbocycles. The summed E-state index contributed by atoms with van der Waals surface area (Å²) in [6, 6.07) is 18.6. The van der Waals surface area contributed by atoms with Gasteiger partial charge < -0.3 is 0 Å². The van der Waals surface area contributed by atoms with Gasteiger partial charge in [0.1, 0.15) is 6.10 Å². The molecule has 0 heterocycles. The monoisotopic (exact) mass is 626 g/mol. The second-order valence-electron chi connectivity index (χ2n) is 12.2. The lowest BCUT2D eigenvalue weighted by Gasteiger charge is -2.44. The van der Waals surface area contributed by atoms with Crippen molar-refractivity contribution in [1.29, 1.82) is 0 Å². The summed E-state index contributed by atoms with van der Waals surface area (Å²) in [5.41, 5.74) is 5.85. The quantitative estimate of drug-likeness (QED) is 0.237. The van der Waals surface area contributed by atoms with Gasteiger partial charge in [-0.15, -0.1) is 0 Å². The van der Waals surface area contributed by atoms with E-state index in [0.717, 1.165) is 47.2 Å². The van der Waals surface area contributed by atoms with Crippen molar-refractivity contribution in [2.24, 2.45) is 10.3 Å². The molecule has 1 N–H and O–H groups in total. The van der Waals surface area contributed by atoms with E-state index in [0.29, 0.717) is 34.9 Å². The zero-order chi connectivity index (χ0) is 30.2. The molecule has 0 radical (unpaired) electrons. The number of nitrogens with zero attached hydrogens (tertiary/aromatic N) is 1. The predicted molar refractivity (Wildman–Crippen MR) is 171 cm³/mol. The molecule has 0 saturated heterocycles. The van der Waals surface area contributed by atoms with Crippen LogP contribution in [0.4, 0.5) is 0 Å². The summed E-state index contributed by atoms with van der Waals surface area (Å²) in [7, 11) is -3.91. The maximum absolute atomic E-state index is 13.8. The van der Waals surface area contributed by atoms with Crippen LogP contribution in [-0.2, 0) is 37.3 Å². The van der Waals surface area contributed by atoms with Crippen LogP contribution in [0.5, 0.6) is 0 Å². The molecule has 9 heteroatoms. The fourth-order valence-corrected chi connectivity index (χ4v) is 9.26. The molecule has 1 fully saturated rings. The maximum Gasteiger partial charge on any atom is 0.284 e. The van der Waals surface area contributed by atoms with E-state index in [-0.39, 0.29) is 10.3 Å². The standard InChI is InChI=1S/C33H39ClN2O4S2/c1-21(2)17-30(33(15-8-16-33)26-11-13-27(34)14-12-26)35-41(37)40-29-20-25-9-6-7-10-28(25)31(29)36-42(38,39)32-23(4)18-22(3)19-24(32)5/h6-7,9-14,18-19,21,29,31,36H,8,15-17,20H2,1-5H3/t29-,31+,41+/m0/s1. The normalized spacial score (nSPS) is 20.8. The minimum atomic E-state index is -3.91. The Bertz CT molecular complexity index is 1610. The summed E-state index contributed by atoms with van der Waals surface area (Å²) >= 11 is 4.16. The number of halogens is 1. The first kappa shape index (κ1) is 31.1. The average Bonchev–Trinajstić information content (AvgIpc) is 3.19. The van der Waals surface area contributed by atoms with Gasteiger partial charge in [0.15, 0.2) is 0 Å². The molecule has 3 aromatic carbocycles. The molecule has 3 aromatic rings. The first-order chi connectivity index (χ1) is 19.9. The van der Waals surface area contributed by atoms with Crippen molar-refractivity contribution in [3.8, 4) is 0 Å². The third-order valence-electron chi connectivity index (χ3n) is 8.49. The van der Waals surface area contributed by atoms with Gasteiger partial charge >= 0.3 is 0 Å². The van der Waals surface area contributed by atoms with Crippen LogP contribution in [0.15, 0.2) is 70.0 Å². The molecule has 2 aliphatic rings. The number of benzene rings is 3. The van der Waals surface area contributed by atoms with Gasteiger partial charge in [0.2, 0.25) is 10.0 Å². The SMILES string of the molecule is Cc1cc(C)c(S(=O)(=O)N[C@@H]2c3ccccc3C[C@@H]2O[S@@](=O)N=C(CC(C)C)C2(c3ccc(Cl)cc3)CCC2)c(C)c1. The summed E-state index contributed by atoms with van der Waals surface area (Å²) in [4.78, 5) is 0.268. The van der Waals surface area contributed by atoms with Crippen LogP contribution in [0.3, 0.4) is 0 Å². The van der Waals surface area contributed by atoms with E-state index in [1.165, 1.54) is 0 Å². The van der Waals surface area contributed by atoms with E-state index in [1.807, 2.05) is 81.4 Å². The minimum absolute atomic E-state index is 0.268. The summed E-state index contributed by atoms with van der Waals surface area (Å²) in [5, 5.41) is 0.674. The molecule has 0 spiro atoms. The number of aryl methyl sites for hydroxylation is 3. The first-order valence-electron chi connectivity index (χ1n) is 14.5. The zero-order valence-electron chi connectivity index (χ0n) is 24.8. The van der Waals surface area contributed by atoms with E-state index in [4.69, 9.17) is 20.2 Å². The summed E-state index contributed by atoms with van der Waals surface area (Å²) in [6.45, 7) is 9.82. The highest BCUT2D eigenvalue weighted by atomic mass is 35.5. The van der Waals surface area contributed by atoms with Crippen molar-refractivity contribution in [2.45, 2.75) is 89.2 Å². The second-order valence-corrected chi connectivity index (χ2v) is 15.1. The lowest BCUT2D eigenvalue weighted by atomic mass is 9.60. The molecule has 2 aliphatic carbocycles. The van der Waals surface area contributed by atoms with E-state index < -0.39 is 33.4 Å². The van der Waals surface area contributed by atoms with Crippen LogP contribution in [0, 0.1) is 26.7 Å². The smallest absolute Gasteiger partial charge is 0.267 e. The highest BCUT2D eigenvalue weighted by Crippen LogP contribution is 2.47. The number of hydrogen-bond donors (Lipinski definition) is 1. The first-order valence-corrected chi connectivity index (χ1v) is 17.4. The van der Waals surface area contributed by atoms with Gasteiger partial charge in [-0.1, -0.05) is 86.0 Å². The highest BCUT2D eigenvalue weighted by molar-refractivity contribution is 7.89.